The number of benzene rings is 1. The highest BCUT2D eigenvalue weighted by atomic mass is 35.5. The van der Waals surface area contributed by atoms with Gasteiger partial charge < -0.3 is 5.32 Å². The molecule has 1 atom stereocenters. The van der Waals surface area contributed by atoms with E-state index in [-0.39, 0.29) is 6.04 Å². The molecule has 2 aromatic rings. The second-order valence-electron chi connectivity index (χ2n) is 4.63. The Morgan fingerprint density at radius 2 is 2.11 bits per heavy atom. The molecule has 0 saturated carbocycles. The lowest BCUT2D eigenvalue weighted by molar-refractivity contribution is 0.548. The van der Waals surface area contributed by atoms with E-state index in [1.165, 1.54) is 0 Å². The van der Waals surface area contributed by atoms with Crippen LogP contribution in [0.15, 0.2) is 24.3 Å². The minimum Gasteiger partial charge on any atom is -0.305 e. The van der Waals surface area contributed by atoms with Crippen LogP contribution in [0.1, 0.15) is 29.9 Å². The van der Waals surface area contributed by atoms with Crippen LogP contribution in [-0.2, 0) is 13.6 Å². The fourth-order valence-electron chi connectivity index (χ4n) is 2.02. The average Bonchev–Trinajstić information content (AvgIpc) is 2.61. The number of aromatic nitrogens is 2. The van der Waals surface area contributed by atoms with Crippen LogP contribution in [0.3, 0.4) is 0 Å². The van der Waals surface area contributed by atoms with Gasteiger partial charge in [-0.3, -0.25) is 4.68 Å². The van der Waals surface area contributed by atoms with Gasteiger partial charge in [0.15, 0.2) is 0 Å². The molecule has 0 fully saturated rings. The molecule has 1 aromatic heterocycles. The topological polar surface area (TPSA) is 29.9 Å². The largest absolute Gasteiger partial charge is 0.305 e. The maximum atomic E-state index is 6.22. The molecule has 2 rings (SSSR count). The summed E-state index contributed by atoms with van der Waals surface area (Å²) in [6.45, 7) is 4.68. The van der Waals surface area contributed by atoms with Crippen LogP contribution < -0.4 is 5.32 Å². The molecule has 1 heterocycles. The molecule has 0 aliphatic rings. The summed E-state index contributed by atoms with van der Waals surface area (Å²) < 4.78 is 1.81. The normalized spacial score (nSPS) is 12.7. The lowest BCUT2D eigenvalue weighted by atomic mass is 10.1. The molecule has 102 valence electrons. The number of rotatable bonds is 4. The molecule has 1 unspecified atom stereocenters. The minimum atomic E-state index is 0.199. The highest BCUT2D eigenvalue weighted by molar-refractivity contribution is 6.31. The van der Waals surface area contributed by atoms with E-state index in [1.807, 2.05) is 36.9 Å². The SMILES string of the molecule is Cc1nn(C)c(CNC(C)c2cccc(Cl)c2)c1Cl. The van der Waals surface area contributed by atoms with Gasteiger partial charge in [-0.1, -0.05) is 35.3 Å². The lowest BCUT2D eigenvalue weighted by Crippen LogP contribution is -2.20. The van der Waals surface area contributed by atoms with Gasteiger partial charge in [-0.2, -0.15) is 5.10 Å². The third-order valence-corrected chi connectivity index (χ3v) is 3.91. The number of hydrogen-bond donors (Lipinski definition) is 1. The Morgan fingerprint density at radius 3 is 2.68 bits per heavy atom. The first-order valence-electron chi connectivity index (χ1n) is 6.16. The highest BCUT2D eigenvalue weighted by Crippen LogP contribution is 2.21. The van der Waals surface area contributed by atoms with E-state index in [0.717, 1.165) is 27.0 Å². The van der Waals surface area contributed by atoms with Crippen LogP contribution >= 0.6 is 23.2 Å². The summed E-state index contributed by atoms with van der Waals surface area (Å²) in [6.07, 6.45) is 0. The van der Waals surface area contributed by atoms with E-state index >= 15 is 0 Å². The van der Waals surface area contributed by atoms with Crippen molar-refractivity contribution in [1.29, 1.82) is 0 Å². The Balaban J connectivity index is 2.06. The summed E-state index contributed by atoms with van der Waals surface area (Å²) >= 11 is 12.2. The van der Waals surface area contributed by atoms with Crippen molar-refractivity contribution in [3.05, 3.63) is 51.3 Å². The van der Waals surface area contributed by atoms with E-state index in [9.17, 15) is 0 Å². The first-order valence-corrected chi connectivity index (χ1v) is 6.91. The van der Waals surface area contributed by atoms with Gasteiger partial charge in [0, 0.05) is 24.7 Å². The van der Waals surface area contributed by atoms with Gasteiger partial charge in [-0.25, -0.2) is 0 Å². The molecule has 1 aromatic carbocycles. The van der Waals surface area contributed by atoms with Crippen LogP contribution in [0, 0.1) is 6.92 Å². The minimum absolute atomic E-state index is 0.199. The molecule has 3 nitrogen and oxygen atoms in total. The lowest BCUT2D eigenvalue weighted by Gasteiger charge is -2.14. The molecule has 5 heteroatoms. The molecule has 0 spiro atoms. The Bertz CT molecular complexity index is 578. The Hall–Kier alpha value is -1.03. The quantitative estimate of drug-likeness (QED) is 0.928. The molecule has 0 saturated heterocycles. The molecule has 1 N–H and O–H groups in total. The first kappa shape index (κ1) is 14.4. The number of nitrogens with one attached hydrogen (secondary N) is 1. The van der Waals surface area contributed by atoms with E-state index in [4.69, 9.17) is 23.2 Å². The number of nitrogens with zero attached hydrogens (tertiary/aromatic N) is 2. The van der Waals surface area contributed by atoms with Gasteiger partial charge in [0.1, 0.15) is 0 Å². The van der Waals surface area contributed by atoms with Gasteiger partial charge in [0.05, 0.1) is 16.4 Å². The molecular formula is C14H17Cl2N3. The van der Waals surface area contributed by atoms with Crippen LogP contribution in [0.4, 0.5) is 0 Å². The van der Waals surface area contributed by atoms with Crippen LogP contribution in [0.25, 0.3) is 0 Å². The van der Waals surface area contributed by atoms with E-state index in [2.05, 4.69) is 23.4 Å². The van der Waals surface area contributed by atoms with Gasteiger partial charge >= 0.3 is 0 Å². The molecule has 0 bridgehead atoms. The zero-order valence-corrected chi connectivity index (χ0v) is 12.8. The van der Waals surface area contributed by atoms with Crippen molar-refractivity contribution in [3.63, 3.8) is 0 Å². The molecule has 0 aliphatic carbocycles. The average molecular weight is 298 g/mol. The molecule has 0 aliphatic heterocycles. The van der Waals surface area contributed by atoms with E-state index < -0.39 is 0 Å². The third-order valence-electron chi connectivity index (χ3n) is 3.19. The summed E-state index contributed by atoms with van der Waals surface area (Å²) in [5.74, 6) is 0. The Kier molecular flexibility index (Phi) is 4.50. The van der Waals surface area contributed by atoms with E-state index in [0.29, 0.717) is 6.54 Å². The van der Waals surface area contributed by atoms with Gasteiger partial charge in [0.25, 0.3) is 0 Å². The summed E-state index contributed by atoms with van der Waals surface area (Å²) in [5, 5.41) is 9.21. The first-order chi connectivity index (χ1) is 8.99. The predicted octanol–water partition coefficient (Wildman–Crippen LogP) is 3.89. The molecular weight excluding hydrogens is 281 g/mol. The number of hydrogen-bond acceptors (Lipinski definition) is 2. The van der Waals surface area contributed by atoms with Crippen LogP contribution in [-0.4, -0.2) is 9.78 Å². The Morgan fingerprint density at radius 1 is 1.37 bits per heavy atom. The van der Waals surface area contributed by atoms with Crippen molar-refractivity contribution in [2.45, 2.75) is 26.4 Å². The third kappa shape index (κ3) is 3.30. The number of halogens is 2. The van der Waals surface area contributed by atoms with Crippen molar-refractivity contribution >= 4 is 23.2 Å². The van der Waals surface area contributed by atoms with Crippen molar-refractivity contribution in [1.82, 2.24) is 15.1 Å². The van der Waals surface area contributed by atoms with E-state index in [1.54, 1.807) is 0 Å². The second-order valence-corrected chi connectivity index (χ2v) is 5.44. The Labute approximate surface area is 123 Å². The van der Waals surface area contributed by atoms with Crippen LogP contribution in [0.2, 0.25) is 10.0 Å². The zero-order valence-electron chi connectivity index (χ0n) is 11.2. The van der Waals surface area contributed by atoms with Gasteiger partial charge in [-0.15, -0.1) is 0 Å². The fourth-order valence-corrected chi connectivity index (χ4v) is 2.44. The van der Waals surface area contributed by atoms with Crippen LogP contribution in [0.5, 0.6) is 0 Å². The summed E-state index contributed by atoms with van der Waals surface area (Å²) in [7, 11) is 1.90. The summed E-state index contributed by atoms with van der Waals surface area (Å²) in [4.78, 5) is 0. The monoisotopic (exact) mass is 297 g/mol. The van der Waals surface area contributed by atoms with Crippen molar-refractivity contribution < 1.29 is 0 Å². The molecule has 19 heavy (non-hydrogen) atoms. The standard InChI is InChI=1S/C14H17Cl2N3/c1-9(11-5-4-6-12(15)7-11)17-8-13-14(16)10(2)18-19(13)3/h4-7,9,17H,8H2,1-3H3. The number of aryl methyl sites for hydroxylation is 2. The van der Waals surface area contributed by atoms with Crippen molar-refractivity contribution in [3.8, 4) is 0 Å². The second kappa shape index (κ2) is 5.95. The predicted molar refractivity (Wildman–Crippen MR) is 79.7 cm³/mol. The summed E-state index contributed by atoms with van der Waals surface area (Å²) in [6, 6.07) is 8.05. The molecule has 0 radical (unpaired) electrons. The smallest absolute Gasteiger partial charge is 0.0860 e. The summed E-state index contributed by atoms with van der Waals surface area (Å²) in [5.41, 5.74) is 3.01. The fraction of sp³-hybridized carbons (Fsp3) is 0.357. The van der Waals surface area contributed by atoms with Gasteiger partial charge in [0.2, 0.25) is 0 Å². The zero-order chi connectivity index (χ0) is 14.0. The van der Waals surface area contributed by atoms with Crippen molar-refractivity contribution in [2.75, 3.05) is 0 Å². The van der Waals surface area contributed by atoms with Crippen molar-refractivity contribution in [2.24, 2.45) is 7.05 Å². The maximum Gasteiger partial charge on any atom is 0.0860 e. The molecule has 0 amide bonds. The maximum absolute atomic E-state index is 6.22. The highest BCUT2D eigenvalue weighted by Gasteiger charge is 2.12. The van der Waals surface area contributed by atoms with Gasteiger partial charge in [-0.05, 0) is 31.5 Å².